The van der Waals surface area contributed by atoms with E-state index in [2.05, 4.69) is 37.4 Å². The molecule has 1 unspecified atom stereocenters. The van der Waals surface area contributed by atoms with Crippen molar-refractivity contribution in [2.45, 2.75) is 25.8 Å². The minimum absolute atomic E-state index is 0.248. The van der Waals surface area contributed by atoms with Crippen molar-refractivity contribution in [1.29, 1.82) is 0 Å². The number of methoxy groups -OCH3 is 1. The van der Waals surface area contributed by atoms with E-state index in [-0.39, 0.29) is 6.04 Å². The van der Waals surface area contributed by atoms with Gasteiger partial charge in [-0.3, -0.25) is 0 Å². The Hall–Kier alpha value is -1.06. The molecule has 94 valence electrons. The van der Waals surface area contributed by atoms with Gasteiger partial charge < -0.3 is 14.8 Å². The summed E-state index contributed by atoms with van der Waals surface area (Å²) in [4.78, 5) is 0. The monoisotopic (exact) mass is 235 g/mol. The van der Waals surface area contributed by atoms with Crippen molar-refractivity contribution in [3.05, 3.63) is 29.3 Å². The van der Waals surface area contributed by atoms with Gasteiger partial charge in [-0.2, -0.15) is 0 Å². The van der Waals surface area contributed by atoms with E-state index >= 15 is 0 Å². The summed E-state index contributed by atoms with van der Waals surface area (Å²) in [5, 5.41) is 3.47. The Morgan fingerprint density at radius 2 is 2.24 bits per heavy atom. The summed E-state index contributed by atoms with van der Waals surface area (Å²) in [6.07, 6.45) is 0. The number of hydrogen-bond acceptors (Lipinski definition) is 3. The van der Waals surface area contributed by atoms with E-state index in [1.54, 1.807) is 7.11 Å². The average Bonchev–Trinajstić information content (AvgIpc) is 2.39. The lowest BCUT2D eigenvalue weighted by Crippen LogP contribution is -2.34. The van der Waals surface area contributed by atoms with Gasteiger partial charge in [-0.25, -0.2) is 0 Å². The highest BCUT2D eigenvalue weighted by molar-refractivity contribution is 5.40. The molecule has 1 fully saturated rings. The molecule has 3 nitrogen and oxygen atoms in total. The molecule has 1 saturated heterocycles. The smallest absolute Gasteiger partial charge is 0.123 e. The fourth-order valence-corrected chi connectivity index (χ4v) is 2.15. The maximum atomic E-state index is 5.52. The fourth-order valence-electron chi connectivity index (χ4n) is 2.15. The van der Waals surface area contributed by atoms with Crippen LogP contribution >= 0.6 is 0 Å². The summed E-state index contributed by atoms with van der Waals surface area (Å²) < 4.78 is 11.0. The van der Waals surface area contributed by atoms with E-state index in [0.29, 0.717) is 5.92 Å². The van der Waals surface area contributed by atoms with Crippen molar-refractivity contribution in [2.24, 2.45) is 0 Å². The summed E-state index contributed by atoms with van der Waals surface area (Å²) in [6, 6.07) is 6.67. The quantitative estimate of drug-likeness (QED) is 0.873. The predicted octanol–water partition coefficient (Wildman–Crippen LogP) is 2.48. The van der Waals surface area contributed by atoms with Crippen LogP contribution in [0.3, 0.4) is 0 Å². The number of nitrogens with one attached hydrogen (secondary N) is 1. The Labute approximate surface area is 103 Å². The summed E-state index contributed by atoms with van der Waals surface area (Å²) in [7, 11) is 1.72. The van der Waals surface area contributed by atoms with Gasteiger partial charge in [0.05, 0.1) is 26.4 Å². The topological polar surface area (TPSA) is 30.5 Å². The zero-order chi connectivity index (χ0) is 12.3. The molecule has 0 saturated carbocycles. The molecule has 1 heterocycles. The zero-order valence-corrected chi connectivity index (χ0v) is 10.8. The van der Waals surface area contributed by atoms with Crippen LogP contribution in [0.15, 0.2) is 18.2 Å². The van der Waals surface area contributed by atoms with Crippen molar-refractivity contribution in [3.63, 3.8) is 0 Å². The van der Waals surface area contributed by atoms with Crippen LogP contribution in [0.25, 0.3) is 0 Å². The Morgan fingerprint density at radius 1 is 1.41 bits per heavy atom. The molecular weight excluding hydrogens is 214 g/mol. The Bertz CT molecular complexity index is 370. The Balaban J connectivity index is 2.30. The van der Waals surface area contributed by atoms with Crippen molar-refractivity contribution in [3.8, 4) is 5.75 Å². The molecule has 3 heteroatoms. The lowest BCUT2D eigenvalue weighted by molar-refractivity contribution is 0.0760. The summed E-state index contributed by atoms with van der Waals surface area (Å²) in [5.74, 6) is 1.47. The Morgan fingerprint density at radius 3 is 2.82 bits per heavy atom. The lowest BCUT2D eigenvalue weighted by Gasteiger charge is -2.26. The third kappa shape index (κ3) is 2.79. The van der Waals surface area contributed by atoms with Gasteiger partial charge in [-0.05, 0) is 17.5 Å². The number of rotatable bonds is 3. The van der Waals surface area contributed by atoms with E-state index in [1.807, 2.05) is 0 Å². The third-order valence-electron chi connectivity index (χ3n) is 3.22. The first-order valence-corrected chi connectivity index (χ1v) is 6.21. The standard InChI is InChI=1S/C14H21NO2/c1-10(2)11-4-5-14(16-3)12(8-11)13-9-17-7-6-15-13/h4-5,8,10,13,15H,6-7,9H2,1-3H3. The van der Waals surface area contributed by atoms with Crippen LogP contribution in [0.2, 0.25) is 0 Å². The molecule has 1 aliphatic heterocycles. The van der Waals surface area contributed by atoms with Crippen LogP contribution < -0.4 is 10.1 Å². The number of morpholine rings is 1. The molecule has 0 aliphatic carbocycles. The van der Waals surface area contributed by atoms with E-state index in [0.717, 1.165) is 25.5 Å². The number of hydrogen-bond donors (Lipinski definition) is 1. The highest BCUT2D eigenvalue weighted by Gasteiger charge is 2.19. The zero-order valence-electron chi connectivity index (χ0n) is 10.8. The maximum Gasteiger partial charge on any atom is 0.123 e. The molecule has 0 aromatic heterocycles. The second-order valence-corrected chi connectivity index (χ2v) is 4.74. The van der Waals surface area contributed by atoms with Crippen LogP contribution in [0, 0.1) is 0 Å². The van der Waals surface area contributed by atoms with Crippen molar-refractivity contribution in [2.75, 3.05) is 26.9 Å². The number of benzene rings is 1. The molecule has 1 N–H and O–H groups in total. The molecule has 1 aromatic carbocycles. The maximum absolute atomic E-state index is 5.52. The second-order valence-electron chi connectivity index (χ2n) is 4.74. The first-order chi connectivity index (χ1) is 8.22. The normalized spacial score (nSPS) is 20.6. The largest absolute Gasteiger partial charge is 0.496 e. The van der Waals surface area contributed by atoms with E-state index in [9.17, 15) is 0 Å². The van der Waals surface area contributed by atoms with Crippen LogP contribution in [0.1, 0.15) is 36.9 Å². The van der Waals surface area contributed by atoms with Gasteiger partial charge in [0.25, 0.3) is 0 Å². The molecule has 0 amide bonds. The lowest BCUT2D eigenvalue weighted by atomic mass is 9.96. The van der Waals surface area contributed by atoms with Crippen LogP contribution in [0.4, 0.5) is 0 Å². The predicted molar refractivity (Wildman–Crippen MR) is 68.6 cm³/mol. The van der Waals surface area contributed by atoms with Crippen molar-refractivity contribution in [1.82, 2.24) is 5.32 Å². The van der Waals surface area contributed by atoms with Crippen LogP contribution in [-0.2, 0) is 4.74 Å². The molecule has 0 spiro atoms. The summed E-state index contributed by atoms with van der Waals surface area (Å²) in [6.45, 7) is 6.83. The molecular formula is C14H21NO2. The van der Waals surface area contributed by atoms with E-state index in [1.165, 1.54) is 11.1 Å². The van der Waals surface area contributed by atoms with Gasteiger partial charge in [0.15, 0.2) is 0 Å². The fraction of sp³-hybridized carbons (Fsp3) is 0.571. The molecule has 17 heavy (non-hydrogen) atoms. The van der Waals surface area contributed by atoms with Gasteiger partial charge in [-0.15, -0.1) is 0 Å². The SMILES string of the molecule is COc1ccc(C(C)C)cc1C1COCCN1. The van der Waals surface area contributed by atoms with Gasteiger partial charge >= 0.3 is 0 Å². The number of ether oxygens (including phenoxy) is 2. The summed E-state index contributed by atoms with van der Waals surface area (Å²) >= 11 is 0. The summed E-state index contributed by atoms with van der Waals surface area (Å²) in [5.41, 5.74) is 2.55. The van der Waals surface area contributed by atoms with E-state index in [4.69, 9.17) is 9.47 Å². The van der Waals surface area contributed by atoms with Crippen LogP contribution in [-0.4, -0.2) is 26.9 Å². The molecule has 0 bridgehead atoms. The molecule has 1 atom stereocenters. The first-order valence-electron chi connectivity index (χ1n) is 6.21. The van der Waals surface area contributed by atoms with Crippen molar-refractivity contribution >= 4 is 0 Å². The van der Waals surface area contributed by atoms with Crippen molar-refractivity contribution < 1.29 is 9.47 Å². The van der Waals surface area contributed by atoms with Gasteiger partial charge in [0.2, 0.25) is 0 Å². The molecule has 0 radical (unpaired) electrons. The molecule has 2 rings (SSSR count). The minimum Gasteiger partial charge on any atom is -0.496 e. The minimum atomic E-state index is 0.248. The highest BCUT2D eigenvalue weighted by Crippen LogP contribution is 2.30. The highest BCUT2D eigenvalue weighted by atomic mass is 16.5. The first kappa shape index (κ1) is 12.4. The Kier molecular flexibility index (Phi) is 4.02. The van der Waals surface area contributed by atoms with Gasteiger partial charge in [-0.1, -0.05) is 26.0 Å². The third-order valence-corrected chi connectivity index (χ3v) is 3.22. The second kappa shape index (κ2) is 5.52. The average molecular weight is 235 g/mol. The van der Waals surface area contributed by atoms with E-state index < -0.39 is 0 Å². The molecule has 1 aromatic rings. The molecule has 1 aliphatic rings. The van der Waals surface area contributed by atoms with Gasteiger partial charge in [0.1, 0.15) is 5.75 Å². The van der Waals surface area contributed by atoms with Crippen LogP contribution in [0.5, 0.6) is 5.75 Å². The van der Waals surface area contributed by atoms with Gasteiger partial charge in [0, 0.05) is 12.1 Å².